The zero-order valence-electron chi connectivity index (χ0n) is 13.9. The average Bonchev–Trinajstić information content (AvgIpc) is 2.88. The summed E-state index contributed by atoms with van der Waals surface area (Å²) in [5.74, 6) is 0. The van der Waals surface area contributed by atoms with E-state index in [1.807, 2.05) is 0 Å². The number of aromatic amines is 1. The van der Waals surface area contributed by atoms with E-state index in [0.717, 1.165) is 5.69 Å². The van der Waals surface area contributed by atoms with Gasteiger partial charge in [-0.3, -0.25) is 0 Å². The molecular formula is C17H26N4. The van der Waals surface area contributed by atoms with Crippen LogP contribution in [0, 0.1) is 0 Å². The Labute approximate surface area is 127 Å². The number of hydrogen-bond acceptors (Lipinski definition) is 3. The first-order valence-corrected chi connectivity index (χ1v) is 7.41. The van der Waals surface area contributed by atoms with Crippen LogP contribution in [0.15, 0.2) is 30.5 Å². The molecule has 0 aliphatic rings. The zero-order valence-corrected chi connectivity index (χ0v) is 13.9. The second kappa shape index (κ2) is 5.60. The second-order valence-electron chi connectivity index (χ2n) is 7.59. The molecule has 4 nitrogen and oxygen atoms in total. The lowest BCUT2D eigenvalue weighted by Crippen LogP contribution is -2.39. The van der Waals surface area contributed by atoms with E-state index in [-0.39, 0.29) is 17.0 Å². The summed E-state index contributed by atoms with van der Waals surface area (Å²) >= 11 is 0. The molecule has 0 unspecified atom stereocenters. The van der Waals surface area contributed by atoms with E-state index in [2.05, 4.69) is 86.5 Å². The molecule has 0 saturated carbocycles. The summed E-state index contributed by atoms with van der Waals surface area (Å²) in [4.78, 5) is 0. The van der Waals surface area contributed by atoms with Gasteiger partial charge >= 0.3 is 0 Å². The van der Waals surface area contributed by atoms with Crippen LogP contribution in [0.3, 0.4) is 0 Å². The number of benzene rings is 1. The molecule has 1 heterocycles. The van der Waals surface area contributed by atoms with Gasteiger partial charge in [-0.25, -0.2) is 0 Å². The molecule has 2 aromatic rings. The van der Waals surface area contributed by atoms with Crippen molar-refractivity contribution >= 4 is 0 Å². The van der Waals surface area contributed by atoms with E-state index in [1.54, 1.807) is 6.20 Å². The van der Waals surface area contributed by atoms with Crippen molar-refractivity contribution in [3.8, 4) is 0 Å². The molecule has 0 radical (unpaired) electrons. The highest BCUT2D eigenvalue weighted by Gasteiger charge is 2.23. The van der Waals surface area contributed by atoms with Gasteiger partial charge in [-0.2, -0.15) is 15.4 Å². The Morgan fingerprint density at radius 3 is 2.05 bits per heavy atom. The van der Waals surface area contributed by atoms with Crippen LogP contribution in [0.5, 0.6) is 0 Å². The largest absolute Gasteiger partial charge is 0.300 e. The monoisotopic (exact) mass is 286 g/mol. The summed E-state index contributed by atoms with van der Waals surface area (Å²) in [6.07, 6.45) is 1.78. The fourth-order valence-electron chi connectivity index (χ4n) is 2.29. The van der Waals surface area contributed by atoms with Gasteiger partial charge in [-0.15, -0.1) is 0 Å². The molecule has 0 amide bonds. The van der Waals surface area contributed by atoms with Gasteiger partial charge in [0.25, 0.3) is 0 Å². The van der Waals surface area contributed by atoms with E-state index >= 15 is 0 Å². The van der Waals surface area contributed by atoms with Gasteiger partial charge in [0.2, 0.25) is 0 Å². The van der Waals surface area contributed by atoms with Crippen molar-refractivity contribution in [3.05, 3.63) is 47.3 Å². The van der Waals surface area contributed by atoms with Gasteiger partial charge in [0.1, 0.15) is 5.69 Å². The minimum absolute atomic E-state index is 0.00762. The second-order valence-corrected chi connectivity index (χ2v) is 7.59. The molecule has 1 atom stereocenters. The third-order valence-corrected chi connectivity index (χ3v) is 3.42. The molecule has 0 fully saturated rings. The molecule has 0 spiro atoms. The Hall–Kier alpha value is -1.68. The highest BCUT2D eigenvalue weighted by Crippen LogP contribution is 2.27. The van der Waals surface area contributed by atoms with Crippen molar-refractivity contribution in [2.24, 2.45) is 0 Å². The maximum absolute atomic E-state index is 4.25. The molecule has 0 aliphatic heterocycles. The standard InChI is InChI=1S/C17H26N4/c1-16(2,3)13-9-7-12(8-10-13)15(19-17(4,5)6)14-11-18-21-20-14/h7-11,15,19H,1-6H3,(H,18,20,21)/t15-/m1/s1. The molecule has 0 aliphatic carbocycles. The lowest BCUT2D eigenvalue weighted by Gasteiger charge is -2.28. The fraction of sp³-hybridized carbons (Fsp3) is 0.529. The first kappa shape index (κ1) is 15.7. The number of nitrogens with zero attached hydrogens (tertiary/aromatic N) is 2. The highest BCUT2D eigenvalue weighted by atomic mass is 15.3. The Kier molecular flexibility index (Phi) is 4.19. The van der Waals surface area contributed by atoms with Crippen LogP contribution in [-0.2, 0) is 5.41 Å². The minimum atomic E-state index is -0.00762. The van der Waals surface area contributed by atoms with Gasteiger partial charge in [0.15, 0.2) is 0 Å². The van der Waals surface area contributed by atoms with Gasteiger partial charge < -0.3 is 5.32 Å². The summed E-state index contributed by atoms with van der Waals surface area (Å²) in [5, 5.41) is 14.5. The predicted octanol–water partition coefficient (Wildman–Crippen LogP) is 3.58. The van der Waals surface area contributed by atoms with Crippen LogP contribution in [-0.4, -0.2) is 20.9 Å². The number of H-pyrrole nitrogens is 1. The molecule has 1 aromatic carbocycles. The molecule has 0 saturated heterocycles. The average molecular weight is 286 g/mol. The number of aromatic nitrogens is 3. The van der Waals surface area contributed by atoms with Crippen LogP contribution in [0.4, 0.5) is 0 Å². The molecule has 2 N–H and O–H groups in total. The van der Waals surface area contributed by atoms with Gasteiger partial charge in [0, 0.05) is 5.54 Å². The van der Waals surface area contributed by atoms with E-state index in [4.69, 9.17) is 0 Å². The topological polar surface area (TPSA) is 53.6 Å². The quantitative estimate of drug-likeness (QED) is 0.906. The lowest BCUT2D eigenvalue weighted by molar-refractivity contribution is 0.387. The molecule has 4 heteroatoms. The predicted molar refractivity (Wildman–Crippen MR) is 86.3 cm³/mol. The Balaban J connectivity index is 2.33. The maximum Gasteiger partial charge on any atom is 0.104 e. The van der Waals surface area contributed by atoms with Gasteiger partial charge in [0.05, 0.1) is 12.2 Å². The number of nitrogens with one attached hydrogen (secondary N) is 2. The van der Waals surface area contributed by atoms with Crippen molar-refractivity contribution in [3.63, 3.8) is 0 Å². The van der Waals surface area contributed by atoms with Crippen molar-refractivity contribution in [1.82, 2.24) is 20.7 Å². The zero-order chi connectivity index (χ0) is 15.7. The molecule has 2 rings (SSSR count). The van der Waals surface area contributed by atoms with E-state index < -0.39 is 0 Å². The molecule has 0 bridgehead atoms. The smallest absolute Gasteiger partial charge is 0.104 e. The van der Waals surface area contributed by atoms with Crippen molar-refractivity contribution < 1.29 is 0 Å². The summed E-state index contributed by atoms with van der Waals surface area (Å²) in [5.41, 5.74) is 3.60. The van der Waals surface area contributed by atoms with Crippen LogP contribution in [0.25, 0.3) is 0 Å². The Morgan fingerprint density at radius 2 is 1.62 bits per heavy atom. The van der Waals surface area contributed by atoms with Crippen LogP contribution in [0.2, 0.25) is 0 Å². The Bertz CT molecular complexity index is 556. The van der Waals surface area contributed by atoms with Crippen molar-refractivity contribution in [2.75, 3.05) is 0 Å². The van der Waals surface area contributed by atoms with Gasteiger partial charge in [-0.05, 0) is 37.3 Å². The van der Waals surface area contributed by atoms with Gasteiger partial charge in [-0.1, -0.05) is 45.0 Å². The summed E-state index contributed by atoms with van der Waals surface area (Å²) < 4.78 is 0. The first-order valence-electron chi connectivity index (χ1n) is 7.41. The molecular weight excluding hydrogens is 260 g/mol. The minimum Gasteiger partial charge on any atom is -0.300 e. The van der Waals surface area contributed by atoms with Crippen LogP contribution >= 0.6 is 0 Å². The molecule has 1 aromatic heterocycles. The van der Waals surface area contributed by atoms with Crippen LogP contribution < -0.4 is 5.32 Å². The molecule has 21 heavy (non-hydrogen) atoms. The van der Waals surface area contributed by atoms with E-state index in [9.17, 15) is 0 Å². The first-order chi connectivity index (χ1) is 9.67. The van der Waals surface area contributed by atoms with E-state index in [0.29, 0.717) is 0 Å². The van der Waals surface area contributed by atoms with E-state index in [1.165, 1.54) is 11.1 Å². The molecule has 114 valence electrons. The maximum atomic E-state index is 4.25. The SMILES string of the molecule is CC(C)(C)N[C@H](c1ccc(C(C)(C)C)cc1)c1cn[nH]n1. The highest BCUT2D eigenvalue weighted by molar-refractivity contribution is 5.32. The third kappa shape index (κ3) is 4.14. The number of rotatable bonds is 3. The van der Waals surface area contributed by atoms with Crippen LogP contribution in [0.1, 0.15) is 64.4 Å². The van der Waals surface area contributed by atoms with Crippen molar-refractivity contribution in [1.29, 1.82) is 0 Å². The summed E-state index contributed by atoms with van der Waals surface area (Å²) in [7, 11) is 0. The lowest BCUT2D eigenvalue weighted by atomic mass is 9.86. The normalized spacial score (nSPS) is 14.2. The summed E-state index contributed by atoms with van der Waals surface area (Å²) in [6, 6.07) is 8.80. The number of hydrogen-bond donors (Lipinski definition) is 2. The van der Waals surface area contributed by atoms with Crippen molar-refractivity contribution in [2.45, 2.75) is 58.5 Å². The summed E-state index contributed by atoms with van der Waals surface area (Å²) in [6.45, 7) is 13.1. The Morgan fingerprint density at radius 1 is 1.00 bits per heavy atom. The fourth-order valence-corrected chi connectivity index (χ4v) is 2.29. The third-order valence-electron chi connectivity index (χ3n) is 3.42.